The van der Waals surface area contributed by atoms with E-state index in [1.165, 1.54) is 24.3 Å². The number of thioether (sulfide) groups is 1. The van der Waals surface area contributed by atoms with E-state index in [4.69, 9.17) is 5.73 Å². The Bertz CT molecular complexity index is 1010. The van der Waals surface area contributed by atoms with Crippen LogP contribution in [-0.2, 0) is 0 Å². The molecule has 1 aliphatic heterocycles. The third kappa shape index (κ3) is 8.03. The summed E-state index contributed by atoms with van der Waals surface area (Å²) < 4.78 is 26.9. The summed E-state index contributed by atoms with van der Waals surface area (Å²) in [7, 11) is 0. The second-order valence-corrected chi connectivity index (χ2v) is 10.6. The fourth-order valence-electron chi connectivity index (χ4n) is 4.74. The molecule has 1 aliphatic rings. The third-order valence-electron chi connectivity index (χ3n) is 6.77. The van der Waals surface area contributed by atoms with Crippen LogP contribution in [0, 0.1) is 11.6 Å². The van der Waals surface area contributed by atoms with Crippen LogP contribution in [0.2, 0.25) is 0 Å². The smallest absolute Gasteiger partial charge is 0.123 e. The average molecular weight is 512 g/mol. The minimum Gasteiger partial charge on any atom is -0.399 e. The van der Waals surface area contributed by atoms with E-state index in [-0.39, 0.29) is 23.7 Å². The van der Waals surface area contributed by atoms with Crippen molar-refractivity contribution in [3.8, 4) is 0 Å². The van der Waals surface area contributed by atoms with Crippen molar-refractivity contribution in [1.82, 2.24) is 9.80 Å². The van der Waals surface area contributed by atoms with Gasteiger partial charge in [0.25, 0.3) is 0 Å². The van der Waals surface area contributed by atoms with Crippen LogP contribution in [0.3, 0.4) is 0 Å². The molecule has 1 fully saturated rings. The van der Waals surface area contributed by atoms with E-state index in [1.54, 1.807) is 11.8 Å². The van der Waals surface area contributed by atoms with Crippen LogP contribution in [0.5, 0.6) is 0 Å². The Balaban J connectivity index is 1.20. The first kappa shape index (κ1) is 26.6. The lowest BCUT2D eigenvalue weighted by atomic mass is 9.87. The molecule has 0 bridgehead atoms. The lowest BCUT2D eigenvalue weighted by molar-refractivity contribution is 0.0819. The molecule has 0 aromatic heterocycles. The van der Waals surface area contributed by atoms with Crippen molar-refractivity contribution >= 4 is 17.4 Å². The van der Waals surface area contributed by atoms with E-state index in [9.17, 15) is 13.9 Å². The molecule has 7 heteroatoms. The average Bonchev–Trinajstić information content (AvgIpc) is 2.89. The van der Waals surface area contributed by atoms with E-state index in [1.807, 2.05) is 48.5 Å². The summed E-state index contributed by atoms with van der Waals surface area (Å²) in [4.78, 5) is 5.93. The number of hydrogen-bond donors (Lipinski definition) is 2. The SMILES string of the molecule is Nc1ccc(SCC(O)CN2CCN(CCCC(c3ccc(F)cc3)c3ccc(F)cc3)CC2)cc1. The van der Waals surface area contributed by atoms with Gasteiger partial charge in [-0.25, -0.2) is 8.78 Å². The van der Waals surface area contributed by atoms with Gasteiger partial charge in [0.2, 0.25) is 0 Å². The monoisotopic (exact) mass is 511 g/mol. The van der Waals surface area contributed by atoms with Crippen molar-refractivity contribution in [2.45, 2.75) is 29.8 Å². The Morgan fingerprint density at radius 2 is 1.31 bits per heavy atom. The standard InChI is InChI=1S/C29H35F2N3OS/c30-24-7-3-22(4-8-24)29(23-5-9-25(31)10-6-23)2-1-15-33-16-18-34(19-17-33)20-27(35)21-36-28-13-11-26(32)12-14-28/h3-14,27,29,35H,1-2,15-21,32H2. The number of halogens is 2. The molecule has 0 radical (unpaired) electrons. The summed E-state index contributed by atoms with van der Waals surface area (Å²) in [5, 5.41) is 10.5. The van der Waals surface area contributed by atoms with Crippen molar-refractivity contribution in [1.29, 1.82) is 0 Å². The lowest BCUT2D eigenvalue weighted by Crippen LogP contribution is -2.49. The molecule has 4 rings (SSSR count). The van der Waals surface area contributed by atoms with E-state index in [2.05, 4.69) is 9.80 Å². The second kappa shape index (κ2) is 13.2. The Hall–Kier alpha value is -2.45. The molecule has 36 heavy (non-hydrogen) atoms. The highest BCUT2D eigenvalue weighted by Crippen LogP contribution is 2.30. The van der Waals surface area contributed by atoms with Gasteiger partial charge in [-0.15, -0.1) is 11.8 Å². The van der Waals surface area contributed by atoms with E-state index in [0.717, 1.165) is 67.3 Å². The molecule has 1 heterocycles. The van der Waals surface area contributed by atoms with Gasteiger partial charge < -0.3 is 15.7 Å². The van der Waals surface area contributed by atoms with Gasteiger partial charge in [0, 0.05) is 55.0 Å². The molecule has 0 saturated carbocycles. The van der Waals surface area contributed by atoms with Crippen molar-refractivity contribution in [2.24, 2.45) is 0 Å². The van der Waals surface area contributed by atoms with Crippen LogP contribution >= 0.6 is 11.8 Å². The second-order valence-electron chi connectivity index (χ2n) is 9.47. The number of β-amino-alcohol motifs (C(OH)–C–C–N with tert-alkyl or cyclic N) is 1. The highest BCUT2D eigenvalue weighted by Gasteiger charge is 2.20. The molecule has 1 saturated heterocycles. The molecule has 4 nitrogen and oxygen atoms in total. The van der Waals surface area contributed by atoms with Gasteiger partial charge in [-0.2, -0.15) is 0 Å². The van der Waals surface area contributed by atoms with Gasteiger partial charge in [0.05, 0.1) is 6.10 Å². The number of rotatable bonds is 11. The van der Waals surface area contributed by atoms with Crippen molar-refractivity contribution < 1.29 is 13.9 Å². The van der Waals surface area contributed by atoms with Gasteiger partial charge in [0.15, 0.2) is 0 Å². The minimum atomic E-state index is -0.369. The quantitative estimate of drug-likeness (QED) is 0.273. The molecule has 3 N–H and O–H groups in total. The molecular formula is C29H35F2N3OS. The molecule has 3 aromatic rings. The first-order valence-corrected chi connectivity index (χ1v) is 13.6. The lowest BCUT2D eigenvalue weighted by Gasteiger charge is -2.35. The van der Waals surface area contributed by atoms with Gasteiger partial charge in [-0.05, 0) is 79.0 Å². The van der Waals surface area contributed by atoms with Gasteiger partial charge in [0.1, 0.15) is 11.6 Å². The predicted octanol–water partition coefficient (Wildman–Crippen LogP) is 5.23. The Labute approximate surface area is 217 Å². The fraction of sp³-hybridized carbons (Fsp3) is 0.379. The molecule has 192 valence electrons. The first-order valence-electron chi connectivity index (χ1n) is 12.6. The highest BCUT2D eigenvalue weighted by atomic mass is 32.2. The number of anilines is 1. The van der Waals surface area contributed by atoms with Crippen LogP contribution in [0.25, 0.3) is 0 Å². The van der Waals surface area contributed by atoms with Gasteiger partial charge in [-0.3, -0.25) is 4.90 Å². The summed E-state index contributed by atoms with van der Waals surface area (Å²) >= 11 is 1.65. The maximum Gasteiger partial charge on any atom is 0.123 e. The molecular weight excluding hydrogens is 476 g/mol. The summed E-state index contributed by atoms with van der Waals surface area (Å²) in [6.45, 7) is 5.53. The van der Waals surface area contributed by atoms with E-state index in [0.29, 0.717) is 12.3 Å². The molecule has 0 aliphatic carbocycles. The summed E-state index contributed by atoms with van der Waals surface area (Å²) in [6, 6.07) is 21.0. The maximum atomic E-state index is 13.5. The number of nitrogens with zero attached hydrogens (tertiary/aromatic N) is 2. The molecule has 1 atom stereocenters. The molecule has 1 unspecified atom stereocenters. The van der Waals surface area contributed by atoms with E-state index < -0.39 is 0 Å². The minimum absolute atomic E-state index is 0.112. The topological polar surface area (TPSA) is 52.7 Å². The van der Waals surface area contributed by atoms with Crippen LogP contribution in [0.15, 0.2) is 77.7 Å². The maximum absolute atomic E-state index is 13.5. The third-order valence-corrected chi connectivity index (χ3v) is 7.93. The van der Waals surface area contributed by atoms with Crippen LogP contribution < -0.4 is 5.73 Å². The van der Waals surface area contributed by atoms with E-state index >= 15 is 0 Å². The van der Waals surface area contributed by atoms with Crippen LogP contribution in [0.4, 0.5) is 14.5 Å². The summed E-state index contributed by atoms with van der Waals surface area (Å²) in [5.74, 6) is 0.284. The number of benzene rings is 3. The highest BCUT2D eigenvalue weighted by molar-refractivity contribution is 7.99. The number of hydrogen-bond acceptors (Lipinski definition) is 5. The van der Waals surface area contributed by atoms with Crippen molar-refractivity contribution in [3.05, 3.63) is 95.6 Å². The van der Waals surface area contributed by atoms with Gasteiger partial charge in [-0.1, -0.05) is 24.3 Å². The summed E-state index contributed by atoms with van der Waals surface area (Å²) in [6.07, 6.45) is 1.55. The zero-order chi connectivity index (χ0) is 25.3. The first-order chi connectivity index (χ1) is 17.5. The Morgan fingerprint density at radius 3 is 1.86 bits per heavy atom. The van der Waals surface area contributed by atoms with Crippen LogP contribution in [0.1, 0.15) is 29.9 Å². The van der Waals surface area contributed by atoms with Crippen molar-refractivity contribution in [3.63, 3.8) is 0 Å². The zero-order valence-electron chi connectivity index (χ0n) is 20.5. The normalized spacial score (nSPS) is 15.9. The Morgan fingerprint density at radius 1 is 0.778 bits per heavy atom. The molecule has 0 spiro atoms. The summed E-state index contributed by atoms with van der Waals surface area (Å²) in [5.41, 5.74) is 8.59. The fourth-order valence-corrected chi connectivity index (χ4v) is 5.56. The zero-order valence-corrected chi connectivity index (χ0v) is 21.3. The number of piperazine rings is 1. The Kier molecular flexibility index (Phi) is 9.75. The largest absolute Gasteiger partial charge is 0.399 e. The predicted molar refractivity (Wildman–Crippen MR) is 144 cm³/mol. The van der Waals surface area contributed by atoms with Crippen molar-refractivity contribution in [2.75, 3.05) is 50.8 Å². The number of nitrogen functional groups attached to an aromatic ring is 1. The number of aliphatic hydroxyl groups is 1. The molecule has 3 aromatic carbocycles. The number of aliphatic hydroxyl groups excluding tert-OH is 1. The van der Waals surface area contributed by atoms with Gasteiger partial charge >= 0.3 is 0 Å². The van der Waals surface area contributed by atoms with Crippen LogP contribution in [-0.4, -0.2) is 66.0 Å². The number of nitrogens with two attached hydrogens (primary N) is 1. The molecule has 0 amide bonds.